The maximum atomic E-state index is 12.6. The van der Waals surface area contributed by atoms with E-state index in [4.69, 9.17) is 16.3 Å². The Balaban J connectivity index is 1.66. The lowest BCUT2D eigenvalue weighted by Crippen LogP contribution is -2.39. The van der Waals surface area contributed by atoms with Crippen molar-refractivity contribution in [2.24, 2.45) is 0 Å². The van der Waals surface area contributed by atoms with Crippen molar-refractivity contribution in [3.05, 3.63) is 60.9 Å². The molecule has 1 atom stereocenters. The highest BCUT2D eigenvalue weighted by molar-refractivity contribution is 6.32. The van der Waals surface area contributed by atoms with E-state index in [1.807, 2.05) is 31.0 Å². The van der Waals surface area contributed by atoms with Crippen LogP contribution in [-0.4, -0.2) is 51.2 Å². The Bertz CT molecular complexity index is 980. The van der Waals surface area contributed by atoms with Gasteiger partial charge >= 0.3 is 5.69 Å². The summed E-state index contributed by atoms with van der Waals surface area (Å²) in [5, 5.41) is 11.7. The molecule has 1 aromatic heterocycles. The first kappa shape index (κ1) is 21.1. The van der Waals surface area contributed by atoms with Gasteiger partial charge in [0.25, 0.3) is 11.5 Å². The molecule has 1 aromatic carbocycles. The minimum atomic E-state index is -1.09. The monoisotopic (exact) mass is 421 g/mol. The van der Waals surface area contributed by atoms with Gasteiger partial charge in [0, 0.05) is 24.2 Å². The van der Waals surface area contributed by atoms with Crippen LogP contribution in [0, 0.1) is 13.8 Å². The molecule has 1 amide bonds. The van der Waals surface area contributed by atoms with Crippen LogP contribution in [0.1, 0.15) is 40.9 Å². The van der Waals surface area contributed by atoms with Crippen molar-refractivity contribution in [3.63, 3.8) is 0 Å². The van der Waals surface area contributed by atoms with E-state index in [1.165, 1.54) is 4.90 Å². The molecule has 1 fully saturated rings. The fourth-order valence-electron chi connectivity index (χ4n) is 3.49. The van der Waals surface area contributed by atoms with Gasteiger partial charge in [0.15, 0.2) is 0 Å². The maximum absolute atomic E-state index is 12.6. The molecule has 2 aromatic rings. The van der Waals surface area contributed by atoms with Crippen LogP contribution < -0.4 is 16.0 Å². The second-order valence-corrected chi connectivity index (χ2v) is 7.91. The molecule has 3 rings (SSSR count). The van der Waals surface area contributed by atoms with E-state index in [-0.39, 0.29) is 18.8 Å². The minimum absolute atomic E-state index is 0.0624. The molecule has 3 N–H and O–H groups in total. The number of hydrogen-bond acceptors (Lipinski definition) is 5. The Morgan fingerprint density at radius 3 is 2.52 bits per heavy atom. The van der Waals surface area contributed by atoms with Crippen LogP contribution in [-0.2, 0) is 0 Å². The fourth-order valence-corrected chi connectivity index (χ4v) is 3.60. The highest BCUT2D eigenvalue weighted by Gasteiger charge is 2.33. The Morgan fingerprint density at radius 1 is 1.17 bits per heavy atom. The zero-order valence-electron chi connectivity index (χ0n) is 16.4. The number of aryl methyl sites for hydroxylation is 2. The lowest BCUT2D eigenvalue weighted by Gasteiger charge is -2.27. The summed E-state index contributed by atoms with van der Waals surface area (Å²) in [5.74, 6) is 0.193. The molecule has 1 unspecified atom stereocenters. The van der Waals surface area contributed by atoms with Crippen molar-refractivity contribution < 1.29 is 14.6 Å². The number of aromatic nitrogens is 2. The first-order valence-electron chi connectivity index (χ1n) is 9.42. The van der Waals surface area contributed by atoms with Gasteiger partial charge in [-0.15, -0.1) is 0 Å². The van der Waals surface area contributed by atoms with Crippen molar-refractivity contribution in [2.75, 3.05) is 19.7 Å². The smallest absolute Gasteiger partial charge is 0.326 e. The number of likely N-dealkylation sites (tertiary alicyclic amines) is 1. The third kappa shape index (κ3) is 5.07. The van der Waals surface area contributed by atoms with Crippen LogP contribution >= 0.6 is 11.6 Å². The largest absolute Gasteiger partial charge is 0.491 e. The van der Waals surface area contributed by atoms with Gasteiger partial charge in [0.05, 0.1) is 0 Å². The minimum Gasteiger partial charge on any atom is -0.491 e. The third-order valence-corrected chi connectivity index (χ3v) is 5.71. The third-order valence-electron chi connectivity index (χ3n) is 5.11. The summed E-state index contributed by atoms with van der Waals surface area (Å²) in [6.07, 6.45) is 1.35. The molecule has 0 saturated carbocycles. The molecule has 0 aliphatic carbocycles. The lowest BCUT2D eigenvalue weighted by atomic mass is 9.96. The van der Waals surface area contributed by atoms with E-state index >= 15 is 0 Å². The topological polar surface area (TPSA) is 115 Å². The molecule has 29 heavy (non-hydrogen) atoms. The molecule has 9 heteroatoms. The van der Waals surface area contributed by atoms with Gasteiger partial charge in [-0.3, -0.25) is 14.6 Å². The van der Waals surface area contributed by atoms with Crippen LogP contribution in [0.2, 0.25) is 5.02 Å². The van der Waals surface area contributed by atoms with Crippen LogP contribution in [0.5, 0.6) is 5.75 Å². The van der Waals surface area contributed by atoms with Gasteiger partial charge in [-0.25, -0.2) is 4.79 Å². The Labute approximate surface area is 172 Å². The summed E-state index contributed by atoms with van der Waals surface area (Å²) in [4.78, 5) is 41.4. The van der Waals surface area contributed by atoms with E-state index in [2.05, 4.69) is 4.98 Å². The number of nitrogens with zero attached hydrogens (tertiary/aromatic N) is 1. The van der Waals surface area contributed by atoms with E-state index in [9.17, 15) is 19.5 Å². The number of halogens is 1. The van der Waals surface area contributed by atoms with Gasteiger partial charge in [0.1, 0.15) is 23.7 Å². The first-order chi connectivity index (χ1) is 13.7. The lowest BCUT2D eigenvalue weighted by molar-refractivity contribution is -0.0163. The highest BCUT2D eigenvalue weighted by Crippen LogP contribution is 2.28. The summed E-state index contributed by atoms with van der Waals surface area (Å²) in [6, 6.07) is 4.72. The van der Waals surface area contributed by atoms with Gasteiger partial charge in [0.2, 0.25) is 0 Å². The Kier molecular flexibility index (Phi) is 6.14. The number of carbonyl (C=O) groups excluding carboxylic acids is 1. The van der Waals surface area contributed by atoms with E-state index in [0.717, 1.165) is 17.2 Å². The number of rotatable bonds is 4. The number of H-pyrrole nitrogens is 2. The standard InChI is InChI=1S/C20H24ClN3O5/c1-12-8-14(9-13(2)17(12)21)29-11-20(28)4-3-6-24(7-5-20)18(26)15-10-16(25)23-19(27)22-15/h8-10,28H,3-7,11H2,1-2H3,(H2,22,23,25,27). The van der Waals surface area contributed by atoms with E-state index in [1.54, 1.807) is 0 Å². The quantitative estimate of drug-likeness (QED) is 0.695. The number of aliphatic hydroxyl groups is 1. The van der Waals surface area contributed by atoms with Crippen LogP contribution in [0.4, 0.5) is 0 Å². The number of carbonyl (C=O) groups is 1. The van der Waals surface area contributed by atoms with E-state index in [0.29, 0.717) is 36.6 Å². The Hall–Kier alpha value is -2.58. The number of amides is 1. The second kappa shape index (κ2) is 8.42. The van der Waals surface area contributed by atoms with Crippen molar-refractivity contribution in [2.45, 2.75) is 38.7 Å². The number of hydrogen-bond donors (Lipinski definition) is 3. The van der Waals surface area contributed by atoms with Crippen molar-refractivity contribution in [1.82, 2.24) is 14.9 Å². The van der Waals surface area contributed by atoms with Gasteiger partial charge in [-0.05, 0) is 56.4 Å². The van der Waals surface area contributed by atoms with Crippen molar-refractivity contribution >= 4 is 17.5 Å². The predicted octanol–water partition coefficient (Wildman–Crippen LogP) is 1.77. The molecule has 1 saturated heterocycles. The molecule has 156 valence electrons. The average molecular weight is 422 g/mol. The summed E-state index contributed by atoms with van der Waals surface area (Å²) >= 11 is 6.18. The fraction of sp³-hybridized carbons (Fsp3) is 0.450. The number of ether oxygens (including phenoxy) is 1. The van der Waals surface area contributed by atoms with E-state index < -0.39 is 22.8 Å². The first-order valence-corrected chi connectivity index (χ1v) is 9.79. The highest BCUT2D eigenvalue weighted by atomic mass is 35.5. The molecule has 0 bridgehead atoms. The van der Waals surface area contributed by atoms with Gasteiger partial charge in [-0.2, -0.15) is 0 Å². The number of benzene rings is 1. The number of nitrogens with one attached hydrogen (secondary N) is 2. The molecule has 8 nitrogen and oxygen atoms in total. The summed E-state index contributed by atoms with van der Waals surface area (Å²) in [6.45, 7) is 4.58. The summed E-state index contributed by atoms with van der Waals surface area (Å²) in [7, 11) is 0. The van der Waals surface area contributed by atoms with Crippen LogP contribution in [0.15, 0.2) is 27.8 Å². The molecule has 1 aliphatic heterocycles. The van der Waals surface area contributed by atoms with Crippen molar-refractivity contribution in [3.8, 4) is 5.75 Å². The van der Waals surface area contributed by atoms with Gasteiger partial charge in [-0.1, -0.05) is 11.6 Å². The molecule has 2 heterocycles. The molecule has 1 aliphatic rings. The molecular formula is C20H24ClN3O5. The SMILES string of the molecule is Cc1cc(OCC2(O)CCCN(C(=O)c3cc(=O)[nH]c(=O)[nH]3)CC2)cc(C)c1Cl. The second-order valence-electron chi connectivity index (χ2n) is 7.53. The molecule has 0 radical (unpaired) electrons. The van der Waals surface area contributed by atoms with Crippen molar-refractivity contribution in [1.29, 1.82) is 0 Å². The molecule has 0 spiro atoms. The average Bonchev–Trinajstić information content (AvgIpc) is 2.85. The van der Waals surface area contributed by atoms with Crippen LogP contribution in [0.25, 0.3) is 0 Å². The molecular weight excluding hydrogens is 398 g/mol. The maximum Gasteiger partial charge on any atom is 0.326 e. The van der Waals surface area contributed by atoms with Gasteiger partial charge < -0.3 is 19.7 Å². The summed E-state index contributed by atoms with van der Waals surface area (Å²) < 4.78 is 5.83. The Morgan fingerprint density at radius 2 is 1.86 bits per heavy atom. The zero-order chi connectivity index (χ0) is 21.2. The normalized spacial score (nSPS) is 19.7. The zero-order valence-corrected chi connectivity index (χ0v) is 17.1. The predicted molar refractivity (Wildman–Crippen MR) is 109 cm³/mol. The summed E-state index contributed by atoms with van der Waals surface area (Å²) in [5.41, 5.74) is -0.707. The van der Waals surface area contributed by atoms with Crippen LogP contribution in [0.3, 0.4) is 0 Å². The number of aromatic amines is 2.